The summed E-state index contributed by atoms with van der Waals surface area (Å²) in [4.78, 5) is 6.17. The van der Waals surface area contributed by atoms with E-state index in [0.717, 1.165) is 21.6 Å². The highest BCUT2D eigenvalue weighted by atomic mass is 32.2. The van der Waals surface area contributed by atoms with Crippen LogP contribution in [0.4, 0.5) is 5.69 Å². The summed E-state index contributed by atoms with van der Waals surface area (Å²) >= 11 is 0. The quantitative estimate of drug-likeness (QED) is 0.583. The third kappa shape index (κ3) is 4.14. The van der Waals surface area contributed by atoms with E-state index in [0.29, 0.717) is 34.6 Å². The van der Waals surface area contributed by atoms with E-state index in [9.17, 15) is 4.21 Å². The molecule has 4 rings (SSSR count). The number of aliphatic imine (C=N–C) groups is 1. The predicted octanol–water partition coefficient (Wildman–Crippen LogP) is 4.28. The average molecular weight is 437 g/mol. The van der Waals surface area contributed by atoms with Crippen LogP contribution in [0.15, 0.2) is 75.4 Å². The average Bonchev–Trinajstić information content (AvgIpc) is 3.29. The molecule has 6 nitrogen and oxygen atoms in total. The molecule has 31 heavy (non-hydrogen) atoms. The number of hydrogen-bond acceptors (Lipinski definition) is 6. The smallest absolute Gasteiger partial charge is 0.218 e. The van der Waals surface area contributed by atoms with Crippen molar-refractivity contribution in [1.29, 1.82) is 0 Å². The van der Waals surface area contributed by atoms with Crippen LogP contribution in [-0.2, 0) is 15.5 Å². The van der Waals surface area contributed by atoms with Gasteiger partial charge in [0.15, 0.2) is 0 Å². The lowest BCUT2D eigenvalue weighted by Crippen LogP contribution is -2.07. The number of hydrogen-bond donors (Lipinski definition) is 1. The van der Waals surface area contributed by atoms with Crippen molar-refractivity contribution < 1.29 is 18.4 Å². The van der Waals surface area contributed by atoms with E-state index in [4.69, 9.17) is 24.9 Å². The van der Waals surface area contributed by atoms with E-state index in [1.165, 1.54) is 0 Å². The summed E-state index contributed by atoms with van der Waals surface area (Å²) in [5.74, 6) is 1.52. The minimum absolute atomic E-state index is 0.251. The minimum Gasteiger partial charge on any atom is -0.494 e. The number of rotatable bonds is 6. The lowest BCUT2D eigenvalue weighted by Gasteiger charge is -2.13. The second kappa shape index (κ2) is 8.81. The number of nitrogens with zero attached hydrogens (tertiary/aromatic N) is 1. The molecule has 0 spiro atoms. The van der Waals surface area contributed by atoms with Crippen molar-refractivity contribution in [3.8, 4) is 11.5 Å². The van der Waals surface area contributed by atoms with Crippen molar-refractivity contribution in [1.82, 2.24) is 0 Å². The van der Waals surface area contributed by atoms with E-state index in [1.54, 1.807) is 14.2 Å². The Labute approximate surface area is 184 Å². The van der Waals surface area contributed by atoms with Gasteiger partial charge in [0.05, 0.1) is 35.5 Å². The van der Waals surface area contributed by atoms with E-state index < -0.39 is 10.8 Å². The van der Waals surface area contributed by atoms with Crippen LogP contribution >= 0.6 is 0 Å². The van der Waals surface area contributed by atoms with Crippen LogP contribution in [0.1, 0.15) is 22.7 Å². The zero-order chi connectivity index (χ0) is 22.0. The van der Waals surface area contributed by atoms with Crippen LogP contribution in [0, 0.1) is 6.92 Å². The predicted molar refractivity (Wildman–Crippen MR) is 121 cm³/mol. The summed E-state index contributed by atoms with van der Waals surface area (Å²) in [5, 5.41) is 0. The van der Waals surface area contributed by atoms with Gasteiger partial charge in [-0.05, 0) is 48.9 Å². The molecule has 0 amide bonds. The van der Waals surface area contributed by atoms with Crippen molar-refractivity contribution in [3.05, 3.63) is 77.4 Å². The zero-order valence-electron chi connectivity index (χ0n) is 17.6. The van der Waals surface area contributed by atoms with Gasteiger partial charge in [-0.2, -0.15) is 0 Å². The Morgan fingerprint density at radius 1 is 1.03 bits per heavy atom. The minimum atomic E-state index is -1.35. The highest BCUT2D eigenvalue weighted by Gasteiger charge is 2.26. The Balaban J connectivity index is 1.69. The van der Waals surface area contributed by atoms with Crippen molar-refractivity contribution in [2.45, 2.75) is 22.8 Å². The molecule has 1 heterocycles. The van der Waals surface area contributed by atoms with Crippen LogP contribution in [0.3, 0.4) is 0 Å². The molecular weight excluding hydrogens is 412 g/mol. The number of nitrogen functional groups attached to an aromatic ring is 1. The Bertz CT molecular complexity index is 1130. The van der Waals surface area contributed by atoms with E-state index in [-0.39, 0.29) is 6.04 Å². The summed E-state index contributed by atoms with van der Waals surface area (Å²) in [6, 6.07) is 18.6. The van der Waals surface area contributed by atoms with Crippen LogP contribution in [0.25, 0.3) is 0 Å². The topological polar surface area (TPSA) is 83.1 Å². The summed E-state index contributed by atoms with van der Waals surface area (Å²) in [6.45, 7) is 2.36. The van der Waals surface area contributed by atoms with Crippen molar-refractivity contribution in [2.24, 2.45) is 4.99 Å². The first-order valence-corrected chi connectivity index (χ1v) is 11.0. The lowest BCUT2D eigenvalue weighted by molar-refractivity contribution is 0.318. The number of benzene rings is 3. The second-order valence-electron chi connectivity index (χ2n) is 7.18. The SMILES string of the molecule is COc1cc([C@H]2COC(c3ccccc3S(=O)c3ccc(C)cc3)=N2)cc(OC)c1N. The highest BCUT2D eigenvalue weighted by Crippen LogP contribution is 2.37. The van der Waals surface area contributed by atoms with E-state index in [2.05, 4.69) is 0 Å². The maximum absolute atomic E-state index is 13.2. The van der Waals surface area contributed by atoms with Crippen LogP contribution in [-0.4, -0.2) is 30.9 Å². The summed E-state index contributed by atoms with van der Waals surface area (Å²) in [6.07, 6.45) is 0. The number of aryl methyl sites for hydroxylation is 1. The molecule has 0 saturated heterocycles. The van der Waals surface area contributed by atoms with Gasteiger partial charge in [-0.15, -0.1) is 0 Å². The molecule has 3 aromatic carbocycles. The second-order valence-corrected chi connectivity index (χ2v) is 8.63. The fourth-order valence-corrected chi connectivity index (χ4v) is 4.63. The van der Waals surface area contributed by atoms with Crippen LogP contribution in [0.5, 0.6) is 11.5 Å². The highest BCUT2D eigenvalue weighted by molar-refractivity contribution is 7.85. The van der Waals surface area contributed by atoms with Crippen LogP contribution < -0.4 is 15.2 Å². The van der Waals surface area contributed by atoms with Crippen molar-refractivity contribution in [3.63, 3.8) is 0 Å². The molecule has 1 unspecified atom stereocenters. The van der Waals surface area contributed by atoms with Crippen molar-refractivity contribution >= 4 is 22.4 Å². The monoisotopic (exact) mass is 436 g/mol. The summed E-state index contributed by atoms with van der Waals surface area (Å²) in [5.41, 5.74) is 9.21. The molecule has 2 atom stereocenters. The summed E-state index contributed by atoms with van der Waals surface area (Å²) in [7, 11) is 1.77. The lowest BCUT2D eigenvalue weighted by atomic mass is 10.1. The Morgan fingerprint density at radius 2 is 1.68 bits per heavy atom. The number of nitrogens with two attached hydrogens (primary N) is 1. The molecule has 0 bridgehead atoms. The first-order valence-electron chi connectivity index (χ1n) is 9.81. The third-order valence-electron chi connectivity index (χ3n) is 5.15. The fourth-order valence-electron chi connectivity index (χ4n) is 3.44. The molecule has 1 aliphatic heterocycles. The van der Waals surface area contributed by atoms with E-state index in [1.807, 2.05) is 67.6 Å². The van der Waals surface area contributed by atoms with Gasteiger partial charge in [-0.1, -0.05) is 29.8 Å². The van der Waals surface area contributed by atoms with Crippen LogP contribution in [0.2, 0.25) is 0 Å². The number of methoxy groups -OCH3 is 2. The van der Waals surface area contributed by atoms with Gasteiger partial charge in [0.2, 0.25) is 5.90 Å². The zero-order valence-corrected chi connectivity index (χ0v) is 18.4. The first-order chi connectivity index (χ1) is 15.0. The molecule has 0 saturated carbocycles. The molecule has 160 valence electrons. The Hall–Kier alpha value is -3.32. The summed E-state index contributed by atoms with van der Waals surface area (Å²) < 4.78 is 29.9. The fraction of sp³-hybridized carbons (Fsp3) is 0.208. The molecule has 2 N–H and O–H groups in total. The molecule has 7 heteroatoms. The van der Waals surface area contributed by atoms with E-state index >= 15 is 0 Å². The van der Waals surface area contributed by atoms with Gasteiger partial charge in [0.1, 0.15) is 29.8 Å². The van der Waals surface area contributed by atoms with Gasteiger partial charge in [-0.25, -0.2) is 9.20 Å². The standard InChI is InChI=1S/C24H24N2O4S/c1-15-8-10-17(11-9-15)31(27)22-7-5-4-6-18(22)24-26-19(14-30-24)16-12-20(28-2)23(25)21(13-16)29-3/h4-13,19H,14,25H2,1-3H3/t19-,31?/m1/s1. The van der Waals surface area contributed by atoms with Gasteiger partial charge in [0.25, 0.3) is 0 Å². The molecule has 3 aromatic rings. The maximum Gasteiger partial charge on any atom is 0.218 e. The molecule has 1 aliphatic rings. The molecule has 0 fully saturated rings. The Morgan fingerprint density at radius 3 is 2.32 bits per heavy atom. The maximum atomic E-state index is 13.2. The third-order valence-corrected chi connectivity index (χ3v) is 6.61. The first kappa shape index (κ1) is 20.9. The normalized spacial score (nSPS) is 16.4. The van der Waals surface area contributed by atoms with Gasteiger partial charge in [0, 0.05) is 4.90 Å². The van der Waals surface area contributed by atoms with Gasteiger partial charge in [-0.3, -0.25) is 0 Å². The largest absolute Gasteiger partial charge is 0.494 e. The van der Waals surface area contributed by atoms with Crippen molar-refractivity contribution in [2.75, 3.05) is 26.6 Å². The van der Waals surface area contributed by atoms with Gasteiger partial charge >= 0.3 is 0 Å². The number of anilines is 1. The molecular formula is C24H24N2O4S. The van der Waals surface area contributed by atoms with Gasteiger partial charge < -0.3 is 19.9 Å². The Kier molecular flexibility index (Phi) is 5.95. The number of ether oxygens (including phenoxy) is 3. The molecule has 0 aliphatic carbocycles. The molecule has 0 radical (unpaired) electrons. The molecule has 0 aromatic heterocycles.